The lowest BCUT2D eigenvalue weighted by Crippen LogP contribution is -3.00. The topological polar surface area (TPSA) is 32.3 Å². The predicted molar refractivity (Wildman–Crippen MR) is 79.3 cm³/mol. The van der Waals surface area contributed by atoms with E-state index in [0.717, 1.165) is 31.2 Å². The van der Waals surface area contributed by atoms with Crippen molar-refractivity contribution in [2.45, 2.75) is 33.1 Å². The van der Waals surface area contributed by atoms with Gasteiger partial charge >= 0.3 is 0 Å². The van der Waals surface area contributed by atoms with Gasteiger partial charge in [0, 0.05) is 25.2 Å². The number of hydrogen-bond donors (Lipinski definition) is 1. The van der Waals surface area contributed by atoms with E-state index in [4.69, 9.17) is 0 Å². The molecule has 1 aliphatic heterocycles. The number of amides is 1. The van der Waals surface area contributed by atoms with Gasteiger partial charge in [-0.05, 0) is 49.9 Å². The quantitative estimate of drug-likeness (QED) is 0.852. The lowest BCUT2D eigenvalue weighted by atomic mass is 10.0. The van der Waals surface area contributed by atoms with Gasteiger partial charge in [0.2, 0.25) is 5.91 Å². The fourth-order valence-electron chi connectivity index (χ4n) is 2.70. The molecule has 1 fully saturated rings. The van der Waals surface area contributed by atoms with Crippen LogP contribution in [0.5, 0.6) is 0 Å². The Labute approximate surface area is 128 Å². The van der Waals surface area contributed by atoms with Crippen molar-refractivity contribution in [3.8, 4) is 0 Å². The number of nitrogens with zero attached hydrogens (tertiary/aromatic N) is 1. The highest BCUT2D eigenvalue weighted by Crippen LogP contribution is 2.15. The van der Waals surface area contributed by atoms with Crippen molar-refractivity contribution in [1.29, 1.82) is 0 Å². The Morgan fingerprint density at radius 2 is 2.25 bits per heavy atom. The van der Waals surface area contributed by atoms with Crippen LogP contribution in [0.4, 0.5) is 5.69 Å². The Kier molecular flexibility index (Phi) is 7.03. The van der Waals surface area contributed by atoms with Crippen LogP contribution in [0, 0.1) is 12.8 Å². The highest BCUT2D eigenvalue weighted by molar-refractivity contribution is 5.90. The van der Waals surface area contributed by atoms with E-state index >= 15 is 0 Å². The summed E-state index contributed by atoms with van der Waals surface area (Å²) in [6.45, 7) is 7.48. The summed E-state index contributed by atoms with van der Waals surface area (Å²) in [7, 11) is 0. The Bertz CT molecular complexity index is 436. The molecule has 1 aromatic carbocycles. The summed E-state index contributed by atoms with van der Waals surface area (Å²) in [4.78, 5) is 14.3. The standard InChI is InChI=1S/C16H24N2O.ClH/c1-13-5-3-7-15(11-13)17-16(19)8-10-18-9-4-6-14(2)12-18;/h3,5,7,11,14H,4,6,8-10,12H2,1-2H3,(H,17,19);1H/p-1. The van der Waals surface area contributed by atoms with Gasteiger partial charge in [0.15, 0.2) is 0 Å². The molecule has 0 saturated carbocycles. The second-order valence-corrected chi connectivity index (χ2v) is 5.72. The molecule has 4 heteroatoms. The Balaban J connectivity index is 0.00000200. The fraction of sp³-hybridized carbons (Fsp3) is 0.562. The Morgan fingerprint density at radius 1 is 1.45 bits per heavy atom. The average Bonchev–Trinajstić information content (AvgIpc) is 2.36. The largest absolute Gasteiger partial charge is 1.00 e. The number of piperidine rings is 1. The number of benzene rings is 1. The van der Waals surface area contributed by atoms with Crippen LogP contribution in [-0.4, -0.2) is 30.4 Å². The van der Waals surface area contributed by atoms with Gasteiger partial charge in [0.1, 0.15) is 0 Å². The molecule has 0 aromatic heterocycles. The molecule has 0 radical (unpaired) electrons. The minimum absolute atomic E-state index is 0. The van der Waals surface area contributed by atoms with Crippen molar-refractivity contribution in [2.24, 2.45) is 5.92 Å². The zero-order valence-corrected chi connectivity index (χ0v) is 13.1. The molecule has 20 heavy (non-hydrogen) atoms. The van der Waals surface area contributed by atoms with E-state index in [1.165, 1.54) is 18.4 Å². The van der Waals surface area contributed by atoms with Crippen molar-refractivity contribution in [3.05, 3.63) is 29.8 Å². The lowest BCUT2D eigenvalue weighted by molar-refractivity contribution is -0.116. The molecule has 1 unspecified atom stereocenters. The maximum Gasteiger partial charge on any atom is 0.225 e. The van der Waals surface area contributed by atoms with Gasteiger partial charge in [0.25, 0.3) is 0 Å². The third-order valence-electron chi connectivity index (χ3n) is 3.70. The number of halogens is 1. The van der Waals surface area contributed by atoms with Crippen molar-refractivity contribution >= 4 is 11.6 Å². The maximum atomic E-state index is 11.9. The number of nitrogens with one attached hydrogen (secondary N) is 1. The van der Waals surface area contributed by atoms with Gasteiger partial charge in [-0.2, -0.15) is 0 Å². The maximum absolute atomic E-state index is 11.9. The molecular formula is C16H24ClN2O-. The SMILES string of the molecule is Cc1cccc(NC(=O)CCN2CCCC(C)C2)c1.[Cl-]. The minimum Gasteiger partial charge on any atom is -1.00 e. The molecule has 1 aromatic rings. The third kappa shape index (κ3) is 5.51. The summed E-state index contributed by atoms with van der Waals surface area (Å²) in [5.74, 6) is 0.886. The van der Waals surface area contributed by atoms with Gasteiger partial charge in [-0.3, -0.25) is 4.79 Å². The van der Waals surface area contributed by atoms with E-state index in [1.54, 1.807) is 0 Å². The molecule has 1 heterocycles. The summed E-state index contributed by atoms with van der Waals surface area (Å²) in [5.41, 5.74) is 2.07. The summed E-state index contributed by atoms with van der Waals surface area (Å²) in [6, 6.07) is 7.94. The Hall–Kier alpha value is -1.06. The molecular weight excluding hydrogens is 272 g/mol. The van der Waals surface area contributed by atoms with Crippen LogP contribution in [0.15, 0.2) is 24.3 Å². The van der Waals surface area contributed by atoms with Gasteiger partial charge in [0.05, 0.1) is 0 Å². The van der Waals surface area contributed by atoms with Crippen LogP contribution in [0.2, 0.25) is 0 Å². The number of likely N-dealkylation sites (tertiary alicyclic amines) is 1. The zero-order chi connectivity index (χ0) is 13.7. The van der Waals surface area contributed by atoms with E-state index in [-0.39, 0.29) is 18.3 Å². The van der Waals surface area contributed by atoms with Crippen LogP contribution in [0.25, 0.3) is 0 Å². The first kappa shape index (κ1) is 17.0. The van der Waals surface area contributed by atoms with Crippen molar-refractivity contribution < 1.29 is 17.2 Å². The number of hydrogen-bond acceptors (Lipinski definition) is 2. The number of aryl methyl sites for hydroxylation is 1. The smallest absolute Gasteiger partial charge is 0.225 e. The fourth-order valence-corrected chi connectivity index (χ4v) is 2.70. The molecule has 0 aliphatic carbocycles. The number of anilines is 1. The van der Waals surface area contributed by atoms with Crippen LogP contribution >= 0.6 is 0 Å². The summed E-state index contributed by atoms with van der Waals surface area (Å²) >= 11 is 0. The second kappa shape index (κ2) is 8.28. The van der Waals surface area contributed by atoms with Crippen LogP contribution in [0.3, 0.4) is 0 Å². The molecule has 2 rings (SSSR count). The van der Waals surface area contributed by atoms with Crippen molar-refractivity contribution in [2.75, 3.05) is 25.0 Å². The van der Waals surface area contributed by atoms with Gasteiger partial charge in [-0.25, -0.2) is 0 Å². The van der Waals surface area contributed by atoms with Gasteiger partial charge in [-0.15, -0.1) is 0 Å². The van der Waals surface area contributed by atoms with Crippen molar-refractivity contribution in [1.82, 2.24) is 4.90 Å². The van der Waals surface area contributed by atoms with Crippen LogP contribution in [0.1, 0.15) is 31.7 Å². The predicted octanol–water partition coefficient (Wildman–Crippen LogP) is 0.0595. The number of carbonyl (C=O) groups excluding carboxylic acids is 1. The molecule has 1 amide bonds. The first-order chi connectivity index (χ1) is 9.13. The molecule has 1 atom stereocenters. The summed E-state index contributed by atoms with van der Waals surface area (Å²) < 4.78 is 0. The van der Waals surface area contributed by atoms with E-state index < -0.39 is 0 Å². The molecule has 1 saturated heterocycles. The van der Waals surface area contributed by atoms with E-state index in [0.29, 0.717) is 6.42 Å². The number of rotatable bonds is 4. The van der Waals surface area contributed by atoms with E-state index in [1.807, 2.05) is 31.2 Å². The van der Waals surface area contributed by atoms with Crippen molar-refractivity contribution in [3.63, 3.8) is 0 Å². The highest BCUT2D eigenvalue weighted by atomic mass is 35.5. The highest BCUT2D eigenvalue weighted by Gasteiger charge is 2.16. The van der Waals surface area contributed by atoms with E-state index in [9.17, 15) is 4.79 Å². The molecule has 112 valence electrons. The molecule has 0 spiro atoms. The second-order valence-electron chi connectivity index (χ2n) is 5.72. The summed E-state index contributed by atoms with van der Waals surface area (Å²) in [6.07, 6.45) is 3.17. The number of carbonyl (C=O) groups is 1. The molecule has 1 N–H and O–H groups in total. The van der Waals surface area contributed by atoms with Gasteiger partial charge in [-0.1, -0.05) is 19.1 Å². The average molecular weight is 296 g/mol. The third-order valence-corrected chi connectivity index (χ3v) is 3.70. The molecule has 1 aliphatic rings. The van der Waals surface area contributed by atoms with Crippen LogP contribution in [-0.2, 0) is 4.79 Å². The minimum atomic E-state index is 0. The summed E-state index contributed by atoms with van der Waals surface area (Å²) in [5, 5.41) is 2.97. The molecule has 3 nitrogen and oxygen atoms in total. The normalized spacial score (nSPS) is 19.2. The van der Waals surface area contributed by atoms with E-state index in [2.05, 4.69) is 17.1 Å². The lowest BCUT2D eigenvalue weighted by Gasteiger charge is -2.30. The van der Waals surface area contributed by atoms with Crippen LogP contribution < -0.4 is 17.7 Å². The first-order valence-corrected chi connectivity index (χ1v) is 7.22. The molecule has 0 bridgehead atoms. The Morgan fingerprint density at radius 3 is 2.95 bits per heavy atom. The van der Waals surface area contributed by atoms with Gasteiger partial charge < -0.3 is 22.6 Å². The zero-order valence-electron chi connectivity index (χ0n) is 12.4. The first-order valence-electron chi connectivity index (χ1n) is 7.22. The monoisotopic (exact) mass is 295 g/mol.